The monoisotopic (exact) mass is 266 g/mol. The molecule has 4 nitrogen and oxygen atoms in total. The third kappa shape index (κ3) is 3.48. The van der Waals surface area contributed by atoms with Gasteiger partial charge in [-0.3, -0.25) is 4.79 Å². The molecule has 1 unspecified atom stereocenters. The maximum Gasteiger partial charge on any atom is 0.321 e. The van der Waals surface area contributed by atoms with Crippen molar-refractivity contribution in [3.63, 3.8) is 0 Å². The molecule has 0 fully saturated rings. The molecule has 0 amide bonds. The van der Waals surface area contributed by atoms with E-state index in [2.05, 4.69) is 23.5 Å². The summed E-state index contributed by atoms with van der Waals surface area (Å²) in [7, 11) is 0. The Morgan fingerprint density at radius 3 is 3.17 bits per heavy atom. The van der Waals surface area contributed by atoms with Crippen molar-refractivity contribution in [2.24, 2.45) is 5.73 Å². The molecule has 4 N–H and O–H groups in total. The Bertz CT molecular complexity index is 437. The molecule has 1 atom stereocenters. The van der Waals surface area contributed by atoms with E-state index in [1.807, 2.05) is 11.8 Å². The number of carboxylic acids is 1. The fourth-order valence-electron chi connectivity index (χ4n) is 1.98. The van der Waals surface area contributed by atoms with Crippen LogP contribution < -0.4 is 11.1 Å². The maximum absolute atomic E-state index is 10.6. The van der Waals surface area contributed by atoms with Gasteiger partial charge in [-0.05, 0) is 35.8 Å². The lowest BCUT2D eigenvalue weighted by molar-refractivity contribution is -0.138. The summed E-state index contributed by atoms with van der Waals surface area (Å²) in [5, 5.41) is 11.7. The first-order valence-corrected chi connectivity index (χ1v) is 7.09. The van der Waals surface area contributed by atoms with Crippen LogP contribution in [0.15, 0.2) is 23.1 Å². The first kappa shape index (κ1) is 13.4. The number of rotatable bonds is 5. The second-order valence-corrected chi connectivity index (χ2v) is 5.61. The van der Waals surface area contributed by atoms with Crippen LogP contribution in [0.3, 0.4) is 0 Å². The second kappa shape index (κ2) is 6.22. The van der Waals surface area contributed by atoms with E-state index in [9.17, 15) is 4.79 Å². The Labute approximate surface area is 111 Å². The number of aliphatic carboxylic acids is 1. The number of carbonyl (C=O) groups is 1. The predicted molar refractivity (Wildman–Crippen MR) is 72.8 cm³/mol. The molecule has 0 bridgehead atoms. The number of hydrogen-bond acceptors (Lipinski definition) is 4. The highest BCUT2D eigenvalue weighted by atomic mass is 32.2. The SMILES string of the molecule is NC(CNCc1ccc2c(c1)CCCS2)C(=O)O. The molecule has 1 aromatic rings. The van der Waals surface area contributed by atoms with E-state index >= 15 is 0 Å². The van der Waals surface area contributed by atoms with E-state index in [-0.39, 0.29) is 0 Å². The molecule has 0 saturated carbocycles. The van der Waals surface area contributed by atoms with Crippen LogP contribution in [0.2, 0.25) is 0 Å². The van der Waals surface area contributed by atoms with Crippen molar-refractivity contribution in [1.82, 2.24) is 5.32 Å². The number of benzene rings is 1. The minimum Gasteiger partial charge on any atom is -0.480 e. The quantitative estimate of drug-likeness (QED) is 0.747. The molecule has 0 spiro atoms. The third-order valence-corrected chi connectivity index (χ3v) is 4.19. The summed E-state index contributed by atoms with van der Waals surface area (Å²) in [6, 6.07) is 5.63. The normalized spacial score (nSPS) is 16.1. The molecule has 18 heavy (non-hydrogen) atoms. The van der Waals surface area contributed by atoms with Gasteiger partial charge < -0.3 is 16.2 Å². The van der Waals surface area contributed by atoms with Crippen molar-refractivity contribution in [2.75, 3.05) is 12.3 Å². The number of aryl methyl sites for hydroxylation is 1. The van der Waals surface area contributed by atoms with E-state index in [4.69, 9.17) is 10.8 Å². The zero-order valence-corrected chi connectivity index (χ0v) is 11.0. The van der Waals surface area contributed by atoms with Crippen molar-refractivity contribution in [3.05, 3.63) is 29.3 Å². The number of thioether (sulfide) groups is 1. The summed E-state index contributed by atoms with van der Waals surface area (Å²) < 4.78 is 0. The first-order chi connectivity index (χ1) is 8.66. The van der Waals surface area contributed by atoms with Crippen LogP contribution in [0.1, 0.15) is 17.5 Å². The highest BCUT2D eigenvalue weighted by molar-refractivity contribution is 7.99. The van der Waals surface area contributed by atoms with E-state index in [0.29, 0.717) is 13.1 Å². The van der Waals surface area contributed by atoms with Gasteiger partial charge in [-0.25, -0.2) is 0 Å². The second-order valence-electron chi connectivity index (χ2n) is 4.47. The molecule has 0 radical (unpaired) electrons. The molecule has 98 valence electrons. The molecule has 1 aliphatic rings. The van der Waals surface area contributed by atoms with Crippen molar-refractivity contribution in [3.8, 4) is 0 Å². The average molecular weight is 266 g/mol. The van der Waals surface area contributed by atoms with Gasteiger partial charge >= 0.3 is 5.97 Å². The predicted octanol–water partition coefficient (Wildman–Crippen LogP) is 1.23. The van der Waals surface area contributed by atoms with Crippen LogP contribution in [-0.4, -0.2) is 29.4 Å². The van der Waals surface area contributed by atoms with Gasteiger partial charge in [0.25, 0.3) is 0 Å². The topological polar surface area (TPSA) is 75.3 Å². The smallest absolute Gasteiger partial charge is 0.321 e. The Kier molecular flexibility index (Phi) is 4.63. The van der Waals surface area contributed by atoms with E-state index in [1.54, 1.807) is 0 Å². The Hall–Kier alpha value is -1.04. The van der Waals surface area contributed by atoms with Crippen molar-refractivity contribution in [2.45, 2.75) is 30.3 Å². The minimum atomic E-state index is -0.968. The summed E-state index contributed by atoms with van der Waals surface area (Å²) in [5.74, 6) is 0.238. The molecular weight excluding hydrogens is 248 g/mol. The van der Waals surface area contributed by atoms with Crippen molar-refractivity contribution in [1.29, 1.82) is 0 Å². The molecule has 0 aromatic heterocycles. The highest BCUT2D eigenvalue weighted by Gasteiger charge is 2.12. The molecule has 1 aliphatic heterocycles. The zero-order valence-electron chi connectivity index (χ0n) is 10.2. The summed E-state index contributed by atoms with van der Waals surface area (Å²) in [4.78, 5) is 11.9. The van der Waals surface area contributed by atoms with E-state index in [0.717, 1.165) is 6.42 Å². The van der Waals surface area contributed by atoms with Crippen LogP contribution in [0.5, 0.6) is 0 Å². The van der Waals surface area contributed by atoms with Gasteiger partial charge in [0.2, 0.25) is 0 Å². The van der Waals surface area contributed by atoms with Crippen LogP contribution in [0.25, 0.3) is 0 Å². The average Bonchev–Trinajstić information content (AvgIpc) is 2.38. The molecule has 1 aromatic carbocycles. The molecule has 2 rings (SSSR count). The van der Waals surface area contributed by atoms with Gasteiger partial charge in [-0.2, -0.15) is 0 Å². The van der Waals surface area contributed by atoms with Crippen LogP contribution in [0, 0.1) is 0 Å². The van der Waals surface area contributed by atoms with Crippen LogP contribution in [0.4, 0.5) is 0 Å². The van der Waals surface area contributed by atoms with Crippen molar-refractivity contribution < 1.29 is 9.90 Å². The number of fused-ring (bicyclic) bond motifs is 1. The van der Waals surface area contributed by atoms with E-state index in [1.165, 1.54) is 28.2 Å². The number of hydrogen-bond donors (Lipinski definition) is 3. The zero-order chi connectivity index (χ0) is 13.0. The summed E-state index contributed by atoms with van der Waals surface area (Å²) in [5.41, 5.74) is 8.03. The number of nitrogens with two attached hydrogens (primary N) is 1. The molecule has 1 heterocycles. The van der Waals surface area contributed by atoms with Gasteiger partial charge in [0.05, 0.1) is 0 Å². The minimum absolute atomic E-state index is 0.293. The third-order valence-electron chi connectivity index (χ3n) is 2.98. The number of nitrogens with one attached hydrogen (secondary N) is 1. The molecular formula is C13H18N2O2S. The Morgan fingerprint density at radius 2 is 2.39 bits per heavy atom. The molecule has 0 aliphatic carbocycles. The largest absolute Gasteiger partial charge is 0.480 e. The van der Waals surface area contributed by atoms with Gasteiger partial charge in [-0.15, -0.1) is 11.8 Å². The molecule has 0 saturated heterocycles. The maximum atomic E-state index is 10.6. The lowest BCUT2D eigenvalue weighted by Gasteiger charge is -2.16. The number of carboxylic acid groups (broad SMARTS) is 1. The van der Waals surface area contributed by atoms with Crippen LogP contribution >= 0.6 is 11.8 Å². The summed E-state index contributed by atoms with van der Waals surface area (Å²) in [6.07, 6.45) is 2.38. The highest BCUT2D eigenvalue weighted by Crippen LogP contribution is 2.30. The summed E-state index contributed by atoms with van der Waals surface area (Å²) >= 11 is 1.91. The standard InChI is InChI=1S/C13H18N2O2S/c14-11(13(16)17)8-15-7-9-3-4-12-10(6-9)2-1-5-18-12/h3-4,6,11,15H,1-2,5,7-8,14H2,(H,16,17). The fraction of sp³-hybridized carbons (Fsp3) is 0.462. The van der Waals surface area contributed by atoms with Gasteiger partial charge in [0.15, 0.2) is 0 Å². The van der Waals surface area contributed by atoms with Crippen LogP contribution in [-0.2, 0) is 17.8 Å². The fourth-order valence-corrected chi connectivity index (χ4v) is 3.00. The Balaban J connectivity index is 1.88. The van der Waals surface area contributed by atoms with Crippen molar-refractivity contribution >= 4 is 17.7 Å². The van der Waals surface area contributed by atoms with Gasteiger partial charge in [0, 0.05) is 18.0 Å². The lowest BCUT2D eigenvalue weighted by Crippen LogP contribution is -2.40. The Morgan fingerprint density at radius 1 is 1.56 bits per heavy atom. The van der Waals surface area contributed by atoms with E-state index < -0.39 is 12.0 Å². The van der Waals surface area contributed by atoms with Gasteiger partial charge in [-0.1, -0.05) is 12.1 Å². The first-order valence-electron chi connectivity index (χ1n) is 6.10. The lowest BCUT2D eigenvalue weighted by atomic mass is 10.1. The molecule has 5 heteroatoms. The van der Waals surface area contributed by atoms with Gasteiger partial charge in [0.1, 0.15) is 6.04 Å². The summed E-state index contributed by atoms with van der Waals surface area (Å²) in [6.45, 7) is 0.958.